The van der Waals surface area contributed by atoms with E-state index in [1.165, 1.54) is 10.8 Å². The van der Waals surface area contributed by atoms with Crippen molar-refractivity contribution in [1.29, 1.82) is 0 Å². The summed E-state index contributed by atoms with van der Waals surface area (Å²) in [5.41, 5.74) is 1.78. The quantitative estimate of drug-likeness (QED) is 0.480. The number of benzene rings is 1. The lowest BCUT2D eigenvalue weighted by molar-refractivity contribution is -0.159. The third-order valence-corrected chi connectivity index (χ3v) is 6.44. The molecule has 11 nitrogen and oxygen atoms in total. The number of carboxylic acid groups (broad SMARTS) is 2. The Bertz CT molecular complexity index is 1270. The molecule has 1 aromatic carbocycles. The molecule has 2 aliphatic heterocycles. The first-order valence-corrected chi connectivity index (χ1v) is 12.6. The van der Waals surface area contributed by atoms with Crippen molar-refractivity contribution in [2.45, 2.75) is 6.92 Å². The zero-order valence-corrected chi connectivity index (χ0v) is 21.4. The minimum atomic E-state index is -1.82. The van der Waals surface area contributed by atoms with Crippen molar-refractivity contribution in [3.05, 3.63) is 54.1 Å². The van der Waals surface area contributed by atoms with Crippen molar-refractivity contribution < 1.29 is 24.5 Å². The van der Waals surface area contributed by atoms with Gasteiger partial charge in [-0.3, -0.25) is 4.98 Å². The molecule has 0 aliphatic carbocycles. The number of nitrogens with zero attached hydrogens (tertiary/aromatic N) is 6. The number of ether oxygens (including phenoxy) is 1. The SMILES string of the molecule is CCN1CCN(c2nc(C=Cc3cncc(N4CCOCC4)n3)cc3ccccc23)CC1.O=C(O)C(=O)O. The summed E-state index contributed by atoms with van der Waals surface area (Å²) in [5, 5.41) is 17.2. The molecular weight excluding hydrogens is 488 g/mol. The predicted octanol–water partition coefficient (Wildman–Crippen LogP) is 2.33. The average Bonchev–Trinajstić information content (AvgIpc) is 2.96. The molecule has 2 aromatic heterocycles. The maximum absolute atomic E-state index is 9.10. The number of rotatable bonds is 5. The van der Waals surface area contributed by atoms with Crippen molar-refractivity contribution in [3.8, 4) is 0 Å². The second kappa shape index (κ2) is 12.9. The molecule has 0 amide bonds. The molecule has 4 heterocycles. The zero-order chi connectivity index (χ0) is 26.9. The number of hydrogen-bond acceptors (Lipinski definition) is 9. The van der Waals surface area contributed by atoms with Crippen LogP contribution >= 0.6 is 0 Å². The number of fused-ring (bicyclic) bond motifs is 1. The number of pyridine rings is 1. The van der Waals surface area contributed by atoms with Crippen LogP contribution in [0.15, 0.2) is 42.7 Å². The van der Waals surface area contributed by atoms with Gasteiger partial charge in [-0.2, -0.15) is 0 Å². The van der Waals surface area contributed by atoms with Crippen LogP contribution in [0, 0.1) is 0 Å². The Kier molecular flexibility index (Phi) is 9.17. The van der Waals surface area contributed by atoms with Crippen LogP contribution in [0.3, 0.4) is 0 Å². The van der Waals surface area contributed by atoms with Gasteiger partial charge in [0.05, 0.1) is 37.0 Å². The predicted molar refractivity (Wildman–Crippen MR) is 145 cm³/mol. The van der Waals surface area contributed by atoms with E-state index in [1.807, 2.05) is 18.3 Å². The summed E-state index contributed by atoms with van der Waals surface area (Å²) in [6.45, 7) is 10.7. The van der Waals surface area contributed by atoms with Crippen LogP contribution in [0.1, 0.15) is 18.3 Å². The normalized spacial score (nSPS) is 16.3. The number of carboxylic acids is 2. The molecule has 5 rings (SSSR count). The zero-order valence-electron chi connectivity index (χ0n) is 21.4. The summed E-state index contributed by atoms with van der Waals surface area (Å²) in [6, 6.07) is 10.7. The molecule has 38 heavy (non-hydrogen) atoms. The summed E-state index contributed by atoms with van der Waals surface area (Å²) in [4.78, 5) is 39.6. The van der Waals surface area contributed by atoms with E-state index in [4.69, 9.17) is 34.5 Å². The highest BCUT2D eigenvalue weighted by Crippen LogP contribution is 2.27. The molecule has 0 spiro atoms. The van der Waals surface area contributed by atoms with Gasteiger partial charge in [0.1, 0.15) is 11.6 Å². The molecule has 0 atom stereocenters. The fourth-order valence-corrected chi connectivity index (χ4v) is 4.37. The molecule has 2 N–H and O–H groups in total. The summed E-state index contributed by atoms with van der Waals surface area (Å²) >= 11 is 0. The highest BCUT2D eigenvalue weighted by molar-refractivity contribution is 6.27. The minimum absolute atomic E-state index is 0.734. The van der Waals surface area contributed by atoms with Gasteiger partial charge in [-0.25, -0.2) is 19.6 Å². The van der Waals surface area contributed by atoms with Crippen LogP contribution in [-0.2, 0) is 14.3 Å². The van der Waals surface area contributed by atoms with E-state index in [-0.39, 0.29) is 0 Å². The first kappa shape index (κ1) is 27.0. The van der Waals surface area contributed by atoms with E-state index in [1.54, 1.807) is 6.20 Å². The first-order chi connectivity index (χ1) is 18.4. The van der Waals surface area contributed by atoms with Gasteiger partial charge in [0.2, 0.25) is 0 Å². The van der Waals surface area contributed by atoms with Crippen molar-refractivity contribution in [2.75, 3.05) is 68.8 Å². The third-order valence-electron chi connectivity index (χ3n) is 6.44. The fraction of sp³-hybridized carbons (Fsp3) is 0.370. The van der Waals surface area contributed by atoms with Gasteiger partial charge < -0.3 is 29.6 Å². The van der Waals surface area contributed by atoms with E-state index in [2.05, 4.69) is 56.9 Å². The van der Waals surface area contributed by atoms with E-state index in [0.717, 1.165) is 82.1 Å². The number of piperazine rings is 1. The number of morpholine rings is 1. The Hall–Kier alpha value is -4.09. The number of aromatic nitrogens is 3. The van der Waals surface area contributed by atoms with Gasteiger partial charge in [0.15, 0.2) is 0 Å². The number of anilines is 2. The van der Waals surface area contributed by atoms with E-state index >= 15 is 0 Å². The molecule has 0 saturated carbocycles. The highest BCUT2D eigenvalue weighted by atomic mass is 16.5. The van der Waals surface area contributed by atoms with Crippen LogP contribution in [0.25, 0.3) is 22.9 Å². The van der Waals surface area contributed by atoms with Crippen LogP contribution in [0.4, 0.5) is 11.6 Å². The van der Waals surface area contributed by atoms with Crippen molar-refractivity contribution in [2.24, 2.45) is 0 Å². The maximum atomic E-state index is 9.10. The molecular formula is C27H32N6O5. The largest absolute Gasteiger partial charge is 0.473 e. The van der Waals surface area contributed by atoms with Gasteiger partial charge in [-0.1, -0.05) is 31.2 Å². The topological polar surface area (TPSA) is 132 Å². The number of hydrogen-bond donors (Lipinski definition) is 2. The highest BCUT2D eigenvalue weighted by Gasteiger charge is 2.19. The standard InChI is InChI=1S/C25H30N6O.C2H2O4/c1-2-29-9-11-31(12-10-29)25-23-6-4-3-5-20(23)17-21(28-25)7-8-22-18-26-19-24(27-22)30-13-15-32-16-14-30;3-1(4)2(5)6/h3-8,17-19H,2,9-16H2,1H3;(H,3,4)(H,5,6). The molecule has 3 aromatic rings. The Morgan fingerprint density at radius 2 is 1.58 bits per heavy atom. The lowest BCUT2D eigenvalue weighted by Crippen LogP contribution is -2.46. The van der Waals surface area contributed by atoms with Crippen LogP contribution in [-0.4, -0.2) is 101 Å². The molecule has 2 saturated heterocycles. The Labute approximate surface area is 221 Å². The Morgan fingerprint density at radius 1 is 0.895 bits per heavy atom. The maximum Gasteiger partial charge on any atom is 0.414 e. The molecule has 0 unspecified atom stereocenters. The number of carbonyl (C=O) groups is 2. The molecule has 200 valence electrons. The fourth-order valence-electron chi connectivity index (χ4n) is 4.37. The van der Waals surface area contributed by atoms with Crippen LogP contribution in [0.5, 0.6) is 0 Å². The van der Waals surface area contributed by atoms with Gasteiger partial charge >= 0.3 is 11.9 Å². The summed E-state index contributed by atoms with van der Waals surface area (Å²) in [7, 11) is 0. The van der Waals surface area contributed by atoms with Crippen LogP contribution in [0.2, 0.25) is 0 Å². The third kappa shape index (κ3) is 7.02. The summed E-state index contributed by atoms with van der Waals surface area (Å²) in [6.07, 6.45) is 7.68. The van der Waals surface area contributed by atoms with E-state index in [0.29, 0.717) is 0 Å². The molecule has 2 aliphatic rings. The molecule has 0 bridgehead atoms. The van der Waals surface area contributed by atoms with Crippen molar-refractivity contribution in [3.63, 3.8) is 0 Å². The lowest BCUT2D eigenvalue weighted by Gasteiger charge is -2.35. The van der Waals surface area contributed by atoms with Gasteiger partial charge in [-0.05, 0) is 30.1 Å². The summed E-state index contributed by atoms with van der Waals surface area (Å²) in [5.74, 6) is -1.67. The average molecular weight is 521 g/mol. The van der Waals surface area contributed by atoms with Gasteiger partial charge in [-0.15, -0.1) is 0 Å². The van der Waals surface area contributed by atoms with E-state index < -0.39 is 11.9 Å². The summed E-state index contributed by atoms with van der Waals surface area (Å²) < 4.78 is 5.45. The van der Waals surface area contributed by atoms with Crippen molar-refractivity contribution in [1.82, 2.24) is 19.9 Å². The second-order valence-corrected chi connectivity index (χ2v) is 8.86. The van der Waals surface area contributed by atoms with Crippen molar-refractivity contribution >= 4 is 46.5 Å². The Morgan fingerprint density at radius 3 is 2.26 bits per heavy atom. The first-order valence-electron chi connectivity index (χ1n) is 12.6. The number of aliphatic carboxylic acids is 2. The second-order valence-electron chi connectivity index (χ2n) is 8.86. The minimum Gasteiger partial charge on any atom is -0.473 e. The Balaban J connectivity index is 0.000000505. The lowest BCUT2D eigenvalue weighted by atomic mass is 10.1. The molecule has 11 heteroatoms. The molecule has 2 fully saturated rings. The van der Waals surface area contributed by atoms with Gasteiger partial charge in [0.25, 0.3) is 0 Å². The van der Waals surface area contributed by atoms with Gasteiger partial charge in [0, 0.05) is 44.7 Å². The monoisotopic (exact) mass is 520 g/mol. The van der Waals surface area contributed by atoms with E-state index in [9.17, 15) is 0 Å². The molecule has 0 radical (unpaired) electrons. The van der Waals surface area contributed by atoms with Crippen LogP contribution < -0.4 is 9.80 Å². The smallest absolute Gasteiger partial charge is 0.414 e. The number of likely N-dealkylation sites (N-methyl/N-ethyl adjacent to an activating group) is 1.